The van der Waals surface area contributed by atoms with E-state index in [4.69, 9.17) is 5.73 Å². The van der Waals surface area contributed by atoms with Gasteiger partial charge >= 0.3 is 0 Å². The summed E-state index contributed by atoms with van der Waals surface area (Å²) in [5, 5.41) is 3.84. The average molecular weight is 266 g/mol. The van der Waals surface area contributed by atoms with Gasteiger partial charge in [-0.05, 0) is 24.8 Å². The van der Waals surface area contributed by atoms with Gasteiger partial charge in [0.05, 0.1) is 11.1 Å². The van der Waals surface area contributed by atoms with Crippen molar-refractivity contribution in [2.24, 2.45) is 5.73 Å². The van der Waals surface area contributed by atoms with Gasteiger partial charge in [-0.3, -0.25) is 19.2 Å². The first-order valence-corrected chi connectivity index (χ1v) is 6.45. The summed E-state index contributed by atoms with van der Waals surface area (Å²) in [6.45, 7) is 3.28. The first-order valence-electron chi connectivity index (χ1n) is 5.63. The van der Waals surface area contributed by atoms with E-state index in [9.17, 15) is 9.59 Å². The summed E-state index contributed by atoms with van der Waals surface area (Å²) in [7, 11) is 0. The molecular formula is C11H14N4O2S. The van der Waals surface area contributed by atoms with Crippen LogP contribution >= 0.6 is 11.8 Å². The molecule has 2 N–H and O–H groups in total. The Morgan fingerprint density at radius 3 is 2.89 bits per heavy atom. The molecule has 1 aromatic rings. The minimum Gasteiger partial charge on any atom is -0.329 e. The number of rotatable bonds is 4. The van der Waals surface area contributed by atoms with Gasteiger partial charge in [0.25, 0.3) is 11.1 Å². The molecule has 18 heavy (non-hydrogen) atoms. The van der Waals surface area contributed by atoms with Gasteiger partial charge in [-0.1, -0.05) is 0 Å². The van der Waals surface area contributed by atoms with Crippen molar-refractivity contribution < 1.29 is 9.59 Å². The second-order valence-electron chi connectivity index (χ2n) is 3.75. The van der Waals surface area contributed by atoms with Crippen LogP contribution in [-0.2, 0) is 11.3 Å². The predicted octanol–water partition coefficient (Wildman–Crippen LogP) is 0.898. The van der Waals surface area contributed by atoms with Crippen LogP contribution in [0.15, 0.2) is 17.3 Å². The summed E-state index contributed by atoms with van der Waals surface area (Å²) in [5.74, 6) is -0.278. The van der Waals surface area contributed by atoms with Crippen molar-refractivity contribution in [1.29, 1.82) is 0 Å². The van der Waals surface area contributed by atoms with Gasteiger partial charge in [0.15, 0.2) is 0 Å². The van der Waals surface area contributed by atoms with E-state index < -0.39 is 0 Å². The second-order valence-corrected chi connectivity index (χ2v) is 4.74. The fraction of sp³-hybridized carbons (Fsp3) is 0.364. The van der Waals surface area contributed by atoms with E-state index in [1.165, 1.54) is 4.90 Å². The van der Waals surface area contributed by atoms with Crippen LogP contribution in [0.3, 0.4) is 0 Å². The molecular weight excluding hydrogens is 252 g/mol. The minimum atomic E-state index is -0.278. The summed E-state index contributed by atoms with van der Waals surface area (Å²) >= 11 is 0.939. The van der Waals surface area contributed by atoms with Crippen LogP contribution in [0, 0.1) is 0 Å². The number of aryl methyl sites for hydroxylation is 1. The quantitative estimate of drug-likeness (QED) is 0.819. The molecule has 0 aromatic carbocycles. The van der Waals surface area contributed by atoms with Crippen LogP contribution in [0.25, 0.3) is 6.08 Å². The first-order chi connectivity index (χ1) is 8.65. The zero-order valence-electron chi connectivity index (χ0n) is 10.00. The highest BCUT2D eigenvalue weighted by Gasteiger charge is 2.34. The average Bonchev–Trinajstić information content (AvgIpc) is 2.90. The molecule has 2 amide bonds. The summed E-state index contributed by atoms with van der Waals surface area (Å²) in [4.78, 5) is 25.1. The van der Waals surface area contributed by atoms with Gasteiger partial charge < -0.3 is 5.73 Å². The molecule has 0 aliphatic carbocycles. The van der Waals surface area contributed by atoms with Crippen LogP contribution in [0.5, 0.6) is 0 Å². The van der Waals surface area contributed by atoms with E-state index >= 15 is 0 Å². The van der Waals surface area contributed by atoms with E-state index in [-0.39, 0.29) is 24.2 Å². The number of nitrogens with zero attached hydrogens (tertiary/aromatic N) is 3. The molecule has 1 aliphatic rings. The van der Waals surface area contributed by atoms with Crippen molar-refractivity contribution >= 4 is 29.0 Å². The highest BCUT2D eigenvalue weighted by molar-refractivity contribution is 8.18. The van der Waals surface area contributed by atoms with Crippen molar-refractivity contribution in [3.05, 3.63) is 22.9 Å². The Morgan fingerprint density at radius 1 is 1.50 bits per heavy atom. The SMILES string of the molecule is CCn1cc(/C=C2/SC(=O)N(CCN)C2=O)cn1. The van der Waals surface area contributed by atoms with E-state index in [1.54, 1.807) is 17.0 Å². The van der Waals surface area contributed by atoms with Crippen LogP contribution in [0.2, 0.25) is 0 Å². The zero-order chi connectivity index (χ0) is 13.1. The standard InChI is InChI=1S/C11H14N4O2S/c1-2-14-7-8(6-13-14)5-9-10(16)15(4-3-12)11(17)18-9/h5-7H,2-4,12H2,1H3/b9-5+. The molecule has 6 nitrogen and oxygen atoms in total. The number of nitrogens with two attached hydrogens (primary N) is 1. The fourth-order valence-electron chi connectivity index (χ4n) is 1.60. The van der Waals surface area contributed by atoms with Crippen molar-refractivity contribution in [2.75, 3.05) is 13.1 Å². The number of hydrogen-bond donors (Lipinski definition) is 1. The van der Waals surface area contributed by atoms with Crippen molar-refractivity contribution in [1.82, 2.24) is 14.7 Å². The largest absolute Gasteiger partial charge is 0.329 e. The van der Waals surface area contributed by atoms with Crippen LogP contribution in [-0.4, -0.2) is 38.9 Å². The van der Waals surface area contributed by atoms with Gasteiger partial charge in [-0.2, -0.15) is 5.10 Å². The molecule has 0 bridgehead atoms. The highest BCUT2D eigenvalue weighted by atomic mass is 32.2. The maximum Gasteiger partial charge on any atom is 0.293 e. The molecule has 0 unspecified atom stereocenters. The lowest BCUT2D eigenvalue weighted by molar-refractivity contribution is -0.122. The highest BCUT2D eigenvalue weighted by Crippen LogP contribution is 2.31. The minimum absolute atomic E-state index is 0.260. The van der Waals surface area contributed by atoms with Crippen LogP contribution < -0.4 is 5.73 Å². The fourth-order valence-corrected chi connectivity index (χ4v) is 2.47. The van der Waals surface area contributed by atoms with E-state index in [0.29, 0.717) is 4.91 Å². The van der Waals surface area contributed by atoms with Crippen molar-refractivity contribution in [3.8, 4) is 0 Å². The Kier molecular flexibility index (Phi) is 3.83. The van der Waals surface area contributed by atoms with Gasteiger partial charge in [0.2, 0.25) is 0 Å². The number of carbonyl (C=O) groups excluding carboxylic acids is 2. The predicted molar refractivity (Wildman–Crippen MR) is 69.6 cm³/mol. The van der Waals surface area contributed by atoms with Gasteiger partial charge in [-0.15, -0.1) is 0 Å². The molecule has 1 saturated heterocycles. The Hall–Kier alpha value is -1.60. The third kappa shape index (κ3) is 2.46. The van der Waals surface area contributed by atoms with Gasteiger partial charge in [0.1, 0.15) is 0 Å². The molecule has 1 aromatic heterocycles. The molecule has 1 fully saturated rings. The van der Waals surface area contributed by atoms with E-state index in [0.717, 1.165) is 23.9 Å². The smallest absolute Gasteiger partial charge is 0.293 e. The van der Waals surface area contributed by atoms with E-state index in [2.05, 4.69) is 5.10 Å². The topological polar surface area (TPSA) is 81.2 Å². The molecule has 0 radical (unpaired) electrons. The molecule has 2 heterocycles. The second kappa shape index (κ2) is 5.36. The first kappa shape index (κ1) is 12.8. The molecule has 1 aliphatic heterocycles. The normalized spacial score (nSPS) is 18.1. The lowest BCUT2D eigenvalue weighted by atomic mass is 10.3. The number of amides is 2. The molecule has 96 valence electrons. The van der Waals surface area contributed by atoms with Crippen LogP contribution in [0.4, 0.5) is 4.79 Å². The Bertz CT molecular complexity index is 509. The number of carbonyl (C=O) groups is 2. The monoisotopic (exact) mass is 266 g/mol. The third-order valence-electron chi connectivity index (χ3n) is 2.50. The lowest BCUT2D eigenvalue weighted by Gasteiger charge is -2.09. The Balaban J connectivity index is 2.19. The molecule has 0 atom stereocenters. The van der Waals surface area contributed by atoms with Crippen LogP contribution in [0.1, 0.15) is 12.5 Å². The maximum absolute atomic E-state index is 11.9. The zero-order valence-corrected chi connectivity index (χ0v) is 10.8. The van der Waals surface area contributed by atoms with Gasteiger partial charge in [0, 0.05) is 31.4 Å². The number of aromatic nitrogens is 2. The lowest BCUT2D eigenvalue weighted by Crippen LogP contribution is -2.33. The number of thioether (sulfide) groups is 1. The summed E-state index contributed by atoms with van der Waals surface area (Å²) in [6.07, 6.45) is 5.18. The molecule has 0 spiro atoms. The van der Waals surface area contributed by atoms with E-state index in [1.807, 2.05) is 13.1 Å². The summed E-state index contributed by atoms with van der Waals surface area (Å²) < 4.78 is 1.76. The van der Waals surface area contributed by atoms with Crippen molar-refractivity contribution in [2.45, 2.75) is 13.5 Å². The molecule has 7 heteroatoms. The number of hydrogen-bond acceptors (Lipinski definition) is 5. The third-order valence-corrected chi connectivity index (χ3v) is 3.41. The Labute approximate surface area is 109 Å². The van der Waals surface area contributed by atoms with Crippen molar-refractivity contribution in [3.63, 3.8) is 0 Å². The molecule has 2 rings (SSSR count). The number of imide groups is 1. The summed E-state index contributed by atoms with van der Waals surface area (Å²) in [5.41, 5.74) is 6.18. The summed E-state index contributed by atoms with van der Waals surface area (Å²) in [6, 6.07) is 0. The van der Waals surface area contributed by atoms with Gasteiger partial charge in [-0.25, -0.2) is 0 Å². The molecule has 0 saturated carbocycles. The maximum atomic E-state index is 11.9. The Morgan fingerprint density at radius 2 is 2.28 bits per heavy atom.